The fourth-order valence-electron chi connectivity index (χ4n) is 3.23. The van der Waals surface area contributed by atoms with Crippen molar-refractivity contribution in [3.63, 3.8) is 0 Å². The third-order valence-corrected chi connectivity index (χ3v) is 4.48. The second-order valence-electron chi connectivity index (χ2n) is 5.68. The summed E-state index contributed by atoms with van der Waals surface area (Å²) in [5, 5.41) is 9.43. The summed E-state index contributed by atoms with van der Waals surface area (Å²) in [6, 6.07) is 5.44. The summed E-state index contributed by atoms with van der Waals surface area (Å²) in [6.07, 6.45) is 2.53. The zero-order chi connectivity index (χ0) is 15.0. The molecule has 1 aromatic heterocycles. The number of aromatic nitrogens is 1. The highest BCUT2D eigenvalue weighted by Crippen LogP contribution is 2.44. The molecule has 0 spiro atoms. The van der Waals surface area contributed by atoms with Crippen LogP contribution in [0.3, 0.4) is 0 Å². The molecule has 3 unspecified atom stereocenters. The Bertz CT molecular complexity index is 663. The van der Waals surface area contributed by atoms with Crippen LogP contribution < -0.4 is 4.74 Å². The van der Waals surface area contributed by atoms with E-state index in [1.807, 2.05) is 18.2 Å². The van der Waals surface area contributed by atoms with Crippen molar-refractivity contribution in [3.05, 3.63) is 24.1 Å². The molecule has 1 aromatic carbocycles. The Morgan fingerprint density at radius 3 is 2.95 bits per heavy atom. The van der Waals surface area contributed by atoms with Gasteiger partial charge in [0.15, 0.2) is 11.5 Å². The Morgan fingerprint density at radius 1 is 1.48 bits per heavy atom. The van der Waals surface area contributed by atoms with Crippen molar-refractivity contribution in [1.82, 2.24) is 4.98 Å². The SMILES string of the molecule is CCC1CC(C(=O)O)C(c2nc3cc(OC)ccc3o2)C1. The smallest absolute Gasteiger partial charge is 0.307 e. The van der Waals surface area contributed by atoms with Gasteiger partial charge in [-0.25, -0.2) is 4.98 Å². The first-order valence-corrected chi connectivity index (χ1v) is 7.29. The molecule has 5 nitrogen and oxygen atoms in total. The molecule has 21 heavy (non-hydrogen) atoms. The minimum Gasteiger partial charge on any atom is -0.497 e. The Morgan fingerprint density at radius 2 is 2.29 bits per heavy atom. The highest BCUT2D eigenvalue weighted by molar-refractivity contribution is 5.75. The topological polar surface area (TPSA) is 72.6 Å². The Labute approximate surface area is 122 Å². The largest absolute Gasteiger partial charge is 0.497 e. The Hall–Kier alpha value is -2.04. The molecule has 0 radical (unpaired) electrons. The van der Waals surface area contributed by atoms with Crippen LogP contribution in [-0.4, -0.2) is 23.2 Å². The summed E-state index contributed by atoms with van der Waals surface area (Å²) >= 11 is 0. The van der Waals surface area contributed by atoms with E-state index in [4.69, 9.17) is 9.15 Å². The zero-order valence-corrected chi connectivity index (χ0v) is 12.2. The summed E-state index contributed by atoms with van der Waals surface area (Å²) < 4.78 is 11.0. The highest BCUT2D eigenvalue weighted by Gasteiger charge is 2.41. The lowest BCUT2D eigenvalue weighted by Crippen LogP contribution is -2.17. The van der Waals surface area contributed by atoms with Crippen LogP contribution in [0.4, 0.5) is 0 Å². The van der Waals surface area contributed by atoms with Gasteiger partial charge in [-0.05, 0) is 30.9 Å². The average molecular weight is 289 g/mol. The molecule has 3 atom stereocenters. The first-order chi connectivity index (χ1) is 10.1. The van der Waals surface area contributed by atoms with Crippen molar-refractivity contribution in [1.29, 1.82) is 0 Å². The van der Waals surface area contributed by atoms with Gasteiger partial charge in [0.25, 0.3) is 0 Å². The van der Waals surface area contributed by atoms with Crippen LogP contribution >= 0.6 is 0 Å². The third-order valence-electron chi connectivity index (χ3n) is 4.48. The fraction of sp³-hybridized carbons (Fsp3) is 0.500. The van der Waals surface area contributed by atoms with Gasteiger partial charge in [-0.15, -0.1) is 0 Å². The van der Waals surface area contributed by atoms with E-state index in [0.29, 0.717) is 29.3 Å². The predicted octanol–water partition coefficient (Wildman–Crippen LogP) is 3.44. The summed E-state index contributed by atoms with van der Waals surface area (Å²) in [5.74, 6) is 0.406. The van der Waals surface area contributed by atoms with Gasteiger partial charge in [0, 0.05) is 12.0 Å². The Balaban J connectivity index is 1.96. The van der Waals surface area contributed by atoms with Gasteiger partial charge in [-0.1, -0.05) is 13.3 Å². The van der Waals surface area contributed by atoms with Crippen LogP contribution in [-0.2, 0) is 4.79 Å². The van der Waals surface area contributed by atoms with E-state index in [1.54, 1.807) is 7.11 Å². The van der Waals surface area contributed by atoms with Gasteiger partial charge in [0.05, 0.1) is 13.0 Å². The van der Waals surface area contributed by atoms with Crippen LogP contribution in [0.15, 0.2) is 22.6 Å². The van der Waals surface area contributed by atoms with Crippen molar-refractivity contribution in [2.24, 2.45) is 11.8 Å². The minimum absolute atomic E-state index is 0.133. The molecule has 0 amide bonds. The molecule has 1 aliphatic carbocycles. The Kier molecular flexibility index (Phi) is 3.57. The van der Waals surface area contributed by atoms with E-state index in [0.717, 1.165) is 18.6 Å². The number of nitrogens with zero attached hydrogens (tertiary/aromatic N) is 1. The van der Waals surface area contributed by atoms with E-state index in [1.165, 1.54) is 0 Å². The van der Waals surface area contributed by atoms with Gasteiger partial charge in [0.1, 0.15) is 11.3 Å². The fourth-order valence-corrected chi connectivity index (χ4v) is 3.23. The molecule has 5 heteroatoms. The molecule has 0 aliphatic heterocycles. The number of oxazole rings is 1. The van der Waals surface area contributed by atoms with Crippen LogP contribution in [0.2, 0.25) is 0 Å². The summed E-state index contributed by atoms with van der Waals surface area (Å²) in [4.78, 5) is 16.0. The number of carbonyl (C=O) groups is 1. The molecule has 1 N–H and O–H groups in total. The number of hydrogen-bond acceptors (Lipinski definition) is 4. The van der Waals surface area contributed by atoms with Crippen molar-refractivity contribution >= 4 is 17.1 Å². The summed E-state index contributed by atoms with van der Waals surface area (Å²) in [6.45, 7) is 2.10. The monoisotopic (exact) mass is 289 g/mol. The maximum atomic E-state index is 11.5. The van der Waals surface area contributed by atoms with Gasteiger partial charge in [-0.2, -0.15) is 0 Å². The number of carboxylic acids is 1. The maximum absolute atomic E-state index is 11.5. The number of aliphatic carboxylic acids is 1. The highest BCUT2D eigenvalue weighted by atomic mass is 16.5. The molecule has 112 valence electrons. The van der Waals surface area contributed by atoms with Gasteiger partial charge >= 0.3 is 5.97 Å². The zero-order valence-electron chi connectivity index (χ0n) is 12.2. The van der Waals surface area contributed by atoms with Crippen molar-refractivity contribution in [2.75, 3.05) is 7.11 Å². The number of methoxy groups -OCH3 is 1. The number of ether oxygens (including phenoxy) is 1. The molecule has 2 aromatic rings. The van der Waals surface area contributed by atoms with E-state index in [-0.39, 0.29) is 5.92 Å². The second-order valence-corrected chi connectivity index (χ2v) is 5.68. The van der Waals surface area contributed by atoms with E-state index >= 15 is 0 Å². The molecule has 1 saturated carbocycles. The number of hydrogen-bond donors (Lipinski definition) is 1. The molecule has 3 rings (SSSR count). The first-order valence-electron chi connectivity index (χ1n) is 7.29. The van der Waals surface area contributed by atoms with Crippen molar-refractivity contribution in [2.45, 2.75) is 32.1 Å². The normalized spacial score (nSPS) is 25.3. The molecule has 1 aliphatic rings. The molecule has 0 saturated heterocycles. The summed E-state index contributed by atoms with van der Waals surface area (Å²) in [5.41, 5.74) is 1.39. The summed E-state index contributed by atoms with van der Waals surface area (Å²) in [7, 11) is 1.60. The van der Waals surface area contributed by atoms with Gasteiger partial charge in [-0.3, -0.25) is 4.79 Å². The lowest BCUT2D eigenvalue weighted by molar-refractivity contribution is -0.142. The van der Waals surface area contributed by atoms with Crippen molar-refractivity contribution in [3.8, 4) is 5.75 Å². The first kappa shape index (κ1) is 13.9. The third kappa shape index (κ3) is 2.48. The minimum atomic E-state index is -0.754. The van der Waals surface area contributed by atoms with Crippen LogP contribution in [0, 0.1) is 11.8 Å². The second kappa shape index (κ2) is 5.39. The maximum Gasteiger partial charge on any atom is 0.307 e. The molecular formula is C16H19NO4. The number of fused-ring (bicyclic) bond motifs is 1. The van der Waals surface area contributed by atoms with E-state index in [2.05, 4.69) is 11.9 Å². The van der Waals surface area contributed by atoms with Gasteiger partial charge in [0.2, 0.25) is 0 Å². The van der Waals surface area contributed by atoms with E-state index < -0.39 is 11.9 Å². The number of benzene rings is 1. The average Bonchev–Trinajstić information content (AvgIpc) is 3.09. The standard InChI is InChI=1S/C16H19NO4/c1-3-9-6-11(12(7-9)16(18)19)15-17-13-8-10(20-2)4-5-14(13)21-15/h4-5,8-9,11-12H,3,6-7H2,1-2H3,(H,18,19). The van der Waals surface area contributed by atoms with Crippen molar-refractivity contribution < 1.29 is 19.1 Å². The quantitative estimate of drug-likeness (QED) is 0.933. The number of rotatable bonds is 4. The predicted molar refractivity (Wildman–Crippen MR) is 77.4 cm³/mol. The van der Waals surface area contributed by atoms with Crippen LogP contribution in [0.5, 0.6) is 5.75 Å². The van der Waals surface area contributed by atoms with Crippen LogP contribution in [0.1, 0.15) is 38.0 Å². The van der Waals surface area contributed by atoms with E-state index in [9.17, 15) is 9.90 Å². The molecule has 1 heterocycles. The molecule has 0 bridgehead atoms. The lowest BCUT2D eigenvalue weighted by Gasteiger charge is -2.10. The molecular weight excluding hydrogens is 270 g/mol. The van der Waals surface area contributed by atoms with Crippen LogP contribution in [0.25, 0.3) is 11.1 Å². The van der Waals surface area contributed by atoms with Gasteiger partial charge < -0.3 is 14.3 Å². The number of carboxylic acid groups (broad SMARTS) is 1. The molecule has 1 fully saturated rings. The lowest BCUT2D eigenvalue weighted by atomic mass is 9.96.